The summed E-state index contributed by atoms with van der Waals surface area (Å²) in [5, 5.41) is 14.3. The number of carbonyl (C=O) groups excluding carboxylic acids is 1. The van der Waals surface area contributed by atoms with Crippen LogP contribution in [0.15, 0.2) is 50.6 Å². The molecule has 20 heavy (non-hydrogen) atoms. The van der Waals surface area contributed by atoms with E-state index in [2.05, 4.69) is 26.5 Å². The molecule has 0 aliphatic heterocycles. The Morgan fingerprint density at radius 2 is 2.25 bits per heavy atom. The Labute approximate surface area is 121 Å². The van der Waals surface area contributed by atoms with Crippen molar-refractivity contribution in [1.29, 1.82) is 0 Å². The van der Waals surface area contributed by atoms with Crippen LogP contribution in [0.2, 0.25) is 0 Å². The Kier molecular flexibility index (Phi) is 4.26. The molecule has 0 fully saturated rings. The van der Waals surface area contributed by atoms with Gasteiger partial charge in [-0.25, -0.2) is 5.43 Å². The van der Waals surface area contributed by atoms with Crippen molar-refractivity contribution in [3.63, 3.8) is 0 Å². The maximum Gasteiger partial charge on any atom is 0.307 e. The van der Waals surface area contributed by atoms with Gasteiger partial charge in [-0.05, 0) is 34.1 Å². The predicted octanol–water partition coefficient (Wildman–Crippen LogP) is 2.71. The summed E-state index contributed by atoms with van der Waals surface area (Å²) in [4.78, 5) is 21.6. The summed E-state index contributed by atoms with van der Waals surface area (Å²) in [6.07, 6.45) is 2.75. The summed E-state index contributed by atoms with van der Waals surface area (Å²) < 4.78 is 5.40. The molecule has 1 amide bonds. The highest BCUT2D eigenvalue weighted by Crippen LogP contribution is 2.21. The van der Waals surface area contributed by atoms with Crippen LogP contribution in [0.4, 0.5) is 5.69 Å². The SMILES string of the molecule is O=C(N/N=C\c1ccc([N+](=O)[O-])cc1Br)c1ccco1. The topological polar surface area (TPSA) is 97.7 Å². The first-order valence-corrected chi connectivity index (χ1v) is 6.18. The van der Waals surface area contributed by atoms with Crippen LogP contribution < -0.4 is 5.43 Å². The van der Waals surface area contributed by atoms with E-state index in [0.717, 1.165) is 0 Å². The molecule has 0 aliphatic rings. The fourth-order valence-corrected chi connectivity index (χ4v) is 1.83. The number of hydrogen-bond acceptors (Lipinski definition) is 5. The van der Waals surface area contributed by atoms with E-state index in [4.69, 9.17) is 4.42 Å². The number of benzene rings is 1. The number of halogens is 1. The van der Waals surface area contributed by atoms with Crippen molar-refractivity contribution in [2.24, 2.45) is 5.10 Å². The average molecular weight is 338 g/mol. The summed E-state index contributed by atoms with van der Waals surface area (Å²) in [5.74, 6) is -0.339. The Hall–Kier alpha value is -2.48. The molecule has 8 heteroatoms. The molecule has 0 saturated heterocycles. The number of nitro benzene ring substituents is 1. The summed E-state index contributed by atoms with van der Waals surface area (Å²) in [7, 11) is 0. The Balaban J connectivity index is 2.05. The van der Waals surface area contributed by atoms with Gasteiger partial charge in [-0.2, -0.15) is 5.10 Å². The Morgan fingerprint density at radius 3 is 2.85 bits per heavy atom. The number of rotatable bonds is 4. The standard InChI is InChI=1S/C12H8BrN3O4/c13-10-6-9(16(18)19)4-3-8(10)7-14-15-12(17)11-2-1-5-20-11/h1-7H,(H,15,17)/b14-7-. The first-order valence-electron chi connectivity index (χ1n) is 5.39. The highest BCUT2D eigenvalue weighted by atomic mass is 79.9. The molecule has 1 aromatic heterocycles. The third kappa shape index (κ3) is 3.29. The maximum absolute atomic E-state index is 11.5. The smallest absolute Gasteiger partial charge is 0.307 e. The first-order chi connectivity index (χ1) is 9.58. The number of hydrazone groups is 1. The van der Waals surface area contributed by atoms with Crippen LogP contribution in [0.25, 0.3) is 0 Å². The molecule has 0 saturated carbocycles. The minimum Gasteiger partial charge on any atom is -0.459 e. The second kappa shape index (κ2) is 6.11. The molecule has 0 atom stereocenters. The third-order valence-electron chi connectivity index (χ3n) is 2.31. The van der Waals surface area contributed by atoms with Crippen LogP contribution >= 0.6 is 15.9 Å². The summed E-state index contributed by atoms with van der Waals surface area (Å²) in [5.41, 5.74) is 2.84. The predicted molar refractivity (Wildman–Crippen MR) is 74.6 cm³/mol. The normalized spacial score (nSPS) is 10.7. The molecule has 1 aromatic carbocycles. The number of carbonyl (C=O) groups is 1. The van der Waals surface area contributed by atoms with E-state index in [9.17, 15) is 14.9 Å². The molecule has 102 valence electrons. The lowest BCUT2D eigenvalue weighted by Crippen LogP contribution is -2.16. The van der Waals surface area contributed by atoms with Gasteiger partial charge in [-0.3, -0.25) is 14.9 Å². The molecule has 7 nitrogen and oxygen atoms in total. The molecule has 0 aliphatic carbocycles. The van der Waals surface area contributed by atoms with Crippen LogP contribution in [-0.2, 0) is 0 Å². The fourth-order valence-electron chi connectivity index (χ4n) is 1.36. The van der Waals surface area contributed by atoms with Crippen LogP contribution in [0.3, 0.4) is 0 Å². The van der Waals surface area contributed by atoms with Crippen LogP contribution in [0.1, 0.15) is 16.1 Å². The molecule has 0 radical (unpaired) electrons. The fraction of sp³-hybridized carbons (Fsp3) is 0. The minimum atomic E-state index is -0.496. The number of nitro groups is 1. The molecule has 0 bridgehead atoms. The Bertz CT molecular complexity index is 667. The molecule has 2 rings (SSSR count). The molecule has 2 aromatic rings. The van der Waals surface area contributed by atoms with Crippen molar-refractivity contribution >= 4 is 33.7 Å². The van der Waals surface area contributed by atoms with E-state index < -0.39 is 10.8 Å². The highest BCUT2D eigenvalue weighted by Gasteiger charge is 2.08. The zero-order chi connectivity index (χ0) is 14.5. The lowest BCUT2D eigenvalue weighted by molar-refractivity contribution is -0.384. The molecule has 1 heterocycles. The number of hydrogen-bond donors (Lipinski definition) is 1. The van der Waals surface area contributed by atoms with Gasteiger partial charge in [0.15, 0.2) is 5.76 Å². The average Bonchev–Trinajstić information content (AvgIpc) is 2.94. The van der Waals surface area contributed by atoms with E-state index in [1.54, 1.807) is 6.07 Å². The molecule has 0 spiro atoms. The van der Waals surface area contributed by atoms with Gasteiger partial charge in [0, 0.05) is 22.2 Å². The largest absolute Gasteiger partial charge is 0.459 e. The number of amides is 1. The van der Waals surface area contributed by atoms with Gasteiger partial charge in [0.05, 0.1) is 17.4 Å². The van der Waals surface area contributed by atoms with Gasteiger partial charge < -0.3 is 4.42 Å². The Morgan fingerprint density at radius 1 is 1.45 bits per heavy atom. The van der Waals surface area contributed by atoms with Crippen molar-refractivity contribution < 1.29 is 14.1 Å². The summed E-state index contributed by atoms with van der Waals surface area (Å²) in [6, 6.07) is 7.32. The van der Waals surface area contributed by atoms with Gasteiger partial charge in [-0.15, -0.1) is 0 Å². The zero-order valence-corrected chi connectivity index (χ0v) is 11.5. The number of nitrogens with one attached hydrogen (secondary N) is 1. The molecule has 1 N–H and O–H groups in total. The van der Waals surface area contributed by atoms with Gasteiger partial charge in [0.1, 0.15) is 0 Å². The lowest BCUT2D eigenvalue weighted by Gasteiger charge is -1.98. The number of furan rings is 1. The minimum absolute atomic E-state index is 0.0337. The van der Waals surface area contributed by atoms with Crippen LogP contribution in [0, 0.1) is 10.1 Å². The van der Waals surface area contributed by atoms with E-state index in [0.29, 0.717) is 10.0 Å². The van der Waals surface area contributed by atoms with Crippen LogP contribution in [0.5, 0.6) is 0 Å². The summed E-state index contributed by atoms with van der Waals surface area (Å²) in [6.45, 7) is 0. The van der Waals surface area contributed by atoms with Gasteiger partial charge in [0.25, 0.3) is 5.69 Å². The zero-order valence-electron chi connectivity index (χ0n) is 9.95. The lowest BCUT2D eigenvalue weighted by atomic mass is 10.2. The molecular formula is C12H8BrN3O4. The highest BCUT2D eigenvalue weighted by molar-refractivity contribution is 9.10. The van der Waals surface area contributed by atoms with Crippen molar-refractivity contribution in [3.8, 4) is 0 Å². The maximum atomic E-state index is 11.5. The van der Waals surface area contributed by atoms with E-state index in [1.165, 1.54) is 36.7 Å². The second-order valence-electron chi connectivity index (χ2n) is 3.64. The molecule has 0 unspecified atom stereocenters. The number of nitrogens with zero attached hydrogens (tertiary/aromatic N) is 2. The van der Waals surface area contributed by atoms with Crippen molar-refractivity contribution in [2.75, 3.05) is 0 Å². The van der Waals surface area contributed by atoms with E-state index in [-0.39, 0.29) is 11.4 Å². The van der Waals surface area contributed by atoms with Crippen LogP contribution in [-0.4, -0.2) is 17.0 Å². The summed E-state index contributed by atoms with van der Waals surface area (Å²) >= 11 is 3.19. The first kappa shape index (κ1) is 13.9. The second-order valence-corrected chi connectivity index (χ2v) is 4.49. The quantitative estimate of drug-likeness (QED) is 0.526. The monoisotopic (exact) mass is 337 g/mol. The van der Waals surface area contributed by atoms with Crippen molar-refractivity contribution in [2.45, 2.75) is 0 Å². The van der Waals surface area contributed by atoms with Crippen molar-refractivity contribution in [1.82, 2.24) is 5.43 Å². The van der Waals surface area contributed by atoms with Gasteiger partial charge >= 0.3 is 5.91 Å². The van der Waals surface area contributed by atoms with Gasteiger partial charge in [0.2, 0.25) is 0 Å². The van der Waals surface area contributed by atoms with E-state index in [1.807, 2.05) is 0 Å². The van der Waals surface area contributed by atoms with Crippen molar-refractivity contribution in [3.05, 3.63) is 62.5 Å². The van der Waals surface area contributed by atoms with E-state index >= 15 is 0 Å². The number of non-ortho nitro benzene ring substituents is 1. The van der Waals surface area contributed by atoms with Gasteiger partial charge in [-0.1, -0.05) is 0 Å². The third-order valence-corrected chi connectivity index (χ3v) is 3.00. The molecular weight excluding hydrogens is 330 g/mol.